The number of hydrogen-bond acceptors (Lipinski definition) is 4. The predicted molar refractivity (Wildman–Crippen MR) is 138 cm³/mol. The molecule has 3 aliphatic rings. The van der Waals surface area contributed by atoms with Gasteiger partial charge >= 0.3 is 12.0 Å². The summed E-state index contributed by atoms with van der Waals surface area (Å²) in [6.45, 7) is 12.4. The van der Waals surface area contributed by atoms with Crippen molar-refractivity contribution in [2.45, 2.75) is 70.9 Å². The summed E-state index contributed by atoms with van der Waals surface area (Å²) in [7, 11) is 0. The van der Waals surface area contributed by atoms with E-state index in [4.69, 9.17) is 4.74 Å². The van der Waals surface area contributed by atoms with Crippen molar-refractivity contribution < 1.29 is 14.3 Å². The highest BCUT2D eigenvalue weighted by Gasteiger charge is 2.39. The molecule has 0 unspecified atom stereocenters. The van der Waals surface area contributed by atoms with E-state index in [1.54, 1.807) is 11.1 Å². The Morgan fingerprint density at radius 3 is 2.43 bits per heavy atom. The van der Waals surface area contributed by atoms with Crippen LogP contribution in [-0.2, 0) is 14.9 Å². The molecule has 0 spiro atoms. The van der Waals surface area contributed by atoms with Gasteiger partial charge < -0.3 is 19.5 Å². The number of carbonyl (C=O) groups is 2. The lowest BCUT2D eigenvalue weighted by Crippen LogP contribution is -2.50. The molecule has 4 heterocycles. The standard InChI is InChI=1S/C28H38N4O3/c1-19(2)35-26(33)22-17-32(27(34)31-15-11-20(12-16-31)30-13-7-8-14-30)18-28(3,4)24-21-9-5-6-10-23(21)29-25(22)24/h5-6,9-10,17,19-20,29H,7-8,11-16,18H2,1-4H3. The number of aromatic nitrogens is 1. The Labute approximate surface area is 208 Å². The third-order valence-electron chi connectivity index (χ3n) is 7.70. The van der Waals surface area contributed by atoms with Gasteiger partial charge in [0.25, 0.3) is 0 Å². The second-order valence-electron chi connectivity index (χ2n) is 11.2. The number of piperidine rings is 1. The molecule has 5 rings (SSSR count). The van der Waals surface area contributed by atoms with Crippen molar-refractivity contribution in [3.05, 3.63) is 41.7 Å². The summed E-state index contributed by atoms with van der Waals surface area (Å²) in [5.41, 5.74) is 2.84. The van der Waals surface area contributed by atoms with E-state index in [1.165, 1.54) is 25.9 Å². The number of urea groups is 1. The molecular formula is C28H38N4O3. The highest BCUT2D eigenvalue weighted by molar-refractivity contribution is 6.18. The van der Waals surface area contributed by atoms with Gasteiger partial charge in [0, 0.05) is 48.2 Å². The third-order valence-corrected chi connectivity index (χ3v) is 7.70. The van der Waals surface area contributed by atoms with Gasteiger partial charge in [-0.25, -0.2) is 9.59 Å². The zero-order chi connectivity index (χ0) is 24.7. The quantitative estimate of drug-likeness (QED) is 0.648. The number of rotatable bonds is 3. The first-order valence-corrected chi connectivity index (χ1v) is 13.1. The van der Waals surface area contributed by atoms with Crippen LogP contribution in [0.4, 0.5) is 4.79 Å². The summed E-state index contributed by atoms with van der Waals surface area (Å²) in [5, 5.41) is 1.08. The van der Waals surface area contributed by atoms with Crippen molar-refractivity contribution in [3.63, 3.8) is 0 Å². The van der Waals surface area contributed by atoms with Crippen LogP contribution >= 0.6 is 0 Å². The minimum Gasteiger partial charge on any atom is -0.459 e. The van der Waals surface area contributed by atoms with Crippen LogP contribution in [-0.4, -0.2) is 76.6 Å². The van der Waals surface area contributed by atoms with Crippen LogP contribution < -0.4 is 0 Å². The highest BCUT2D eigenvalue weighted by atomic mass is 16.5. The molecule has 0 saturated carbocycles. The average molecular weight is 479 g/mol. The Morgan fingerprint density at radius 2 is 1.74 bits per heavy atom. The second kappa shape index (κ2) is 9.34. The minimum absolute atomic E-state index is 0.0257. The number of aromatic amines is 1. The Balaban J connectivity index is 1.46. The van der Waals surface area contributed by atoms with Gasteiger partial charge in [-0.3, -0.25) is 4.90 Å². The number of fused-ring (bicyclic) bond motifs is 3. The van der Waals surface area contributed by atoms with E-state index in [0.29, 0.717) is 18.2 Å². The molecule has 2 aromatic rings. The SMILES string of the molecule is CC(C)OC(=O)C1=CN(C(=O)N2CCC(N3CCCC3)CC2)CC(C)(C)c2c1[nH]c1ccccc21. The number of para-hydroxylation sites is 1. The van der Waals surface area contributed by atoms with Crippen LogP contribution in [0.2, 0.25) is 0 Å². The number of likely N-dealkylation sites (tertiary alicyclic amines) is 2. The number of H-pyrrole nitrogens is 1. The molecule has 2 saturated heterocycles. The first-order chi connectivity index (χ1) is 16.7. The fourth-order valence-corrected chi connectivity index (χ4v) is 6.08. The van der Waals surface area contributed by atoms with Gasteiger partial charge in [-0.2, -0.15) is 0 Å². The van der Waals surface area contributed by atoms with E-state index < -0.39 is 5.97 Å². The van der Waals surface area contributed by atoms with Crippen molar-refractivity contribution >= 4 is 28.5 Å². The summed E-state index contributed by atoms with van der Waals surface area (Å²) < 4.78 is 5.63. The molecule has 7 nitrogen and oxygen atoms in total. The van der Waals surface area contributed by atoms with E-state index in [0.717, 1.165) is 48.1 Å². The average Bonchev–Trinajstić information content (AvgIpc) is 3.47. The molecule has 2 amide bonds. The van der Waals surface area contributed by atoms with Gasteiger partial charge in [0.15, 0.2) is 0 Å². The summed E-state index contributed by atoms with van der Waals surface area (Å²) in [4.78, 5) is 36.8. The largest absolute Gasteiger partial charge is 0.459 e. The molecule has 0 radical (unpaired) electrons. The number of esters is 1. The molecule has 188 valence electrons. The van der Waals surface area contributed by atoms with E-state index in [1.807, 2.05) is 36.9 Å². The number of carbonyl (C=O) groups excluding carboxylic acids is 2. The van der Waals surface area contributed by atoms with Crippen molar-refractivity contribution in [2.24, 2.45) is 0 Å². The molecule has 1 aromatic carbocycles. The maximum absolute atomic E-state index is 13.8. The lowest BCUT2D eigenvalue weighted by atomic mass is 9.82. The number of hydrogen-bond donors (Lipinski definition) is 1. The maximum atomic E-state index is 13.8. The zero-order valence-corrected chi connectivity index (χ0v) is 21.5. The first kappa shape index (κ1) is 23.9. The molecule has 0 atom stereocenters. The smallest absolute Gasteiger partial charge is 0.342 e. The maximum Gasteiger partial charge on any atom is 0.342 e. The molecular weight excluding hydrogens is 440 g/mol. The van der Waals surface area contributed by atoms with Crippen LogP contribution in [0.5, 0.6) is 0 Å². The molecule has 2 fully saturated rings. The lowest BCUT2D eigenvalue weighted by Gasteiger charge is -2.39. The van der Waals surface area contributed by atoms with Gasteiger partial charge in [-0.05, 0) is 64.3 Å². The van der Waals surface area contributed by atoms with Crippen LogP contribution in [0.25, 0.3) is 16.5 Å². The molecule has 35 heavy (non-hydrogen) atoms. The fraction of sp³-hybridized carbons (Fsp3) is 0.571. The molecule has 3 aliphatic heterocycles. The molecule has 1 aromatic heterocycles. The van der Waals surface area contributed by atoms with Gasteiger partial charge in [0.1, 0.15) is 0 Å². The number of amides is 2. The Kier molecular flexibility index (Phi) is 6.38. The van der Waals surface area contributed by atoms with Crippen molar-refractivity contribution in [2.75, 3.05) is 32.7 Å². The van der Waals surface area contributed by atoms with E-state index in [9.17, 15) is 9.59 Å². The second-order valence-corrected chi connectivity index (χ2v) is 11.2. The fourth-order valence-electron chi connectivity index (χ4n) is 6.08. The number of ether oxygens (including phenoxy) is 1. The van der Waals surface area contributed by atoms with Crippen LogP contribution in [0.1, 0.15) is 64.6 Å². The molecule has 0 bridgehead atoms. The third kappa shape index (κ3) is 4.58. The van der Waals surface area contributed by atoms with Gasteiger partial charge in [0.2, 0.25) is 0 Å². The van der Waals surface area contributed by atoms with Crippen LogP contribution in [0.3, 0.4) is 0 Å². The minimum atomic E-state index is -0.406. The summed E-state index contributed by atoms with van der Waals surface area (Å²) in [6.07, 6.45) is 6.08. The summed E-state index contributed by atoms with van der Waals surface area (Å²) >= 11 is 0. The van der Waals surface area contributed by atoms with E-state index in [2.05, 4.69) is 29.8 Å². The molecule has 7 heteroatoms. The van der Waals surface area contributed by atoms with Crippen LogP contribution in [0.15, 0.2) is 30.5 Å². The molecule has 1 N–H and O–H groups in total. The van der Waals surface area contributed by atoms with Gasteiger partial charge in [-0.15, -0.1) is 0 Å². The Hall–Kier alpha value is -2.80. The number of nitrogens with one attached hydrogen (secondary N) is 1. The number of nitrogens with zero attached hydrogens (tertiary/aromatic N) is 3. The van der Waals surface area contributed by atoms with E-state index >= 15 is 0 Å². The first-order valence-electron chi connectivity index (χ1n) is 13.1. The normalized spacial score (nSPS) is 21.2. The summed E-state index contributed by atoms with van der Waals surface area (Å²) in [5.74, 6) is -0.406. The monoisotopic (exact) mass is 478 g/mol. The van der Waals surface area contributed by atoms with Crippen LogP contribution in [0, 0.1) is 0 Å². The Bertz CT molecular complexity index is 1130. The highest BCUT2D eigenvalue weighted by Crippen LogP contribution is 2.40. The lowest BCUT2D eigenvalue weighted by molar-refractivity contribution is -0.140. The zero-order valence-electron chi connectivity index (χ0n) is 21.5. The topological polar surface area (TPSA) is 68.9 Å². The van der Waals surface area contributed by atoms with Gasteiger partial charge in [-0.1, -0.05) is 32.0 Å². The van der Waals surface area contributed by atoms with E-state index in [-0.39, 0.29) is 17.6 Å². The predicted octanol–water partition coefficient (Wildman–Crippen LogP) is 4.73. The Morgan fingerprint density at radius 1 is 1.06 bits per heavy atom. The van der Waals surface area contributed by atoms with Crippen molar-refractivity contribution in [1.29, 1.82) is 0 Å². The summed E-state index contributed by atoms with van der Waals surface area (Å²) in [6, 6.07) is 8.67. The number of benzene rings is 1. The van der Waals surface area contributed by atoms with Crippen molar-refractivity contribution in [1.82, 2.24) is 19.7 Å². The van der Waals surface area contributed by atoms with Gasteiger partial charge in [0.05, 0.1) is 17.4 Å². The van der Waals surface area contributed by atoms with Crippen molar-refractivity contribution in [3.8, 4) is 0 Å². The molecule has 0 aliphatic carbocycles.